The van der Waals surface area contributed by atoms with Gasteiger partial charge in [0.1, 0.15) is 11.8 Å². The summed E-state index contributed by atoms with van der Waals surface area (Å²) >= 11 is 6.31. The molecule has 0 aliphatic rings. The van der Waals surface area contributed by atoms with Crippen molar-refractivity contribution in [3.8, 4) is 5.75 Å². The molecule has 4 nitrogen and oxygen atoms in total. The Labute approximate surface area is 103 Å². The van der Waals surface area contributed by atoms with Gasteiger partial charge in [-0.05, 0) is 56.0 Å². The number of carboxylic acid groups (broad SMARTS) is 1. The number of hydrogen-bond acceptors (Lipinski definition) is 3. The second-order valence-electron chi connectivity index (χ2n) is 3.06. The van der Waals surface area contributed by atoms with Crippen molar-refractivity contribution in [3.63, 3.8) is 0 Å². The molecule has 0 unspecified atom stereocenters. The molecule has 82 valence electrons. The summed E-state index contributed by atoms with van der Waals surface area (Å²) in [7, 11) is 0. The van der Waals surface area contributed by atoms with Crippen LogP contribution in [0.3, 0.4) is 0 Å². The summed E-state index contributed by atoms with van der Waals surface area (Å²) in [5, 5.41) is 18.1. The summed E-state index contributed by atoms with van der Waals surface area (Å²) in [5.74, 6) is -0.960. The van der Waals surface area contributed by atoms with E-state index in [0.717, 1.165) is 5.56 Å². The van der Waals surface area contributed by atoms with Gasteiger partial charge in [-0.1, -0.05) is 0 Å². The number of halogens is 2. The van der Waals surface area contributed by atoms with Gasteiger partial charge in [0.05, 0.1) is 8.95 Å². The Kier molecular flexibility index (Phi) is 4.12. The highest BCUT2D eigenvalue weighted by atomic mass is 79.9. The van der Waals surface area contributed by atoms with Crippen LogP contribution < -0.4 is 5.73 Å². The molecule has 0 aliphatic carbocycles. The smallest absolute Gasteiger partial charge is 0.320 e. The van der Waals surface area contributed by atoms with Crippen LogP contribution in [0.5, 0.6) is 5.75 Å². The van der Waals surface area contributed by atoms with E-state index in [1.165, 1.54) is 0 Å². The first kappa shape index (κ1) is 12.5. The molecule has 15 heavy (non-hydrogen) atoms. The highest BCUT2D eigenvalue weighted by molar-refractivity contribution is 9.11. The molecule has 0 radical (unpaired) electrons. The van der Waals surface area contributed by atoms with Gasteiger partial charge in [0.15, 0.2) is 0 Å². The summed E-state index contributed by atoms with van der Waals surface area (Å²) in [4.78, 5) is 10.5. The Hall–Kier alpha value is -0.590. The van der Waals surface area contributed by atoms with Crippen molar-refractivity contribution < 1.29 is 15.0 Å². The van der Waals surface area contributed by atoms with E-state index in [9.17, 15) is 9.90 Å². The number of benzene rings is 1. The number of carbonyl (C=O) groups is 1. The minimum atomic E-state index is -1.05. The van der Waals surface area contributed by atoms with Gasteiger partial charge < -0.3 is 15.9 Å². The number of phenols is 1. The van der Waals surface area contributed by atoms with Gasteiger partial charge in [0.2, 0.25) is 0 Å². The summed E-state index contributed by atoms with van der Waals surface area (Å²) in [6, 6.07) is 2.35. The highest BCUT2D eigenvalue weighted by Crippen LogP contribution is 2.33. The Morgan fingerprint density at radius 2 is 1.87 bits per heavy atom. The fourth-order valence-electron chi connectivity index (χ4n) is 1.08. The number of hydrogen-bond donors (Lipinski definition) is 3. The maximum Gasteiger partial charge on any atom is 0.320 e. The third-order valence-corrected chi connectivity index (χ3v) is 3.06. The van der Waals surface area contributed by atoms with Gasteiger partial charge in [-0.2, -0.15) is 0 Å². The first-order valence-corrected chi connectivity index (χ1v) is 5.65. The second-order valence-corrected chi connectivity index (χ2v) is 4.77. The number of aromatic hydroxyl groups is 1. The molecule has 1 rings (SSSR count). The standard InChI is InChI=1S/C9H9Br2NO3/c10-5-1-4(2-6(11)8(5)13)3-7(12)9(14)15/h1-2,7,13H,3,12H2,(H,14,15)/t7-/m1/s1. The predicted molar refractivity (Wildman–Crippen MR) is 62.8 cm³/mol. The van der Waals surface area contributed by atoms with E-state index in [2.05, 4.69) is 31.9 Å². The quantitative estimate of drug-likeness (QED) is 0.785. The summed E-state index contributed by atoms with van der Waals surface area (Å²) in [5.41, 5.74) is 6.13. The molecular formula is C9H9Br2NO3. The maximum atomic E-state index is 10.5. The van der Waals surface area contributed by atoms with Gasteiger partial charge in [0, 0.05) is 0 Å². The molecule has 4 N–H and O–H groups in total. The van der Waals surface area contributed by atoms with Crippen LogP contribution in [-0.2, 0) is 11.2 Å². The fraction of sp³-hybridized carbons (Fsp3) is 0.222. The van der Waals surface area contributed by atoms with E-state index in [0.29, 0.717) is 8.95 Å². The van der Waals surface area contributed by atoms with Gasteiger partial charge in [-0.15, -0.1) is 0 Å². The van der Waals surface area contributed by atoms with Crippen LogP contribution in [0, 0.1) is 0 Å². The van der Waals surface area contributed by atoms with Crippen molar-refractivity contribution >= 4 is 37.8 Å². The van der Waals surface area contributed by atoms with Crippen LogP contribution >= 0.6 is 31.9 Å². The van der Waals surface area contributed by atoms with Crippen molar-refractivity contribution in [3.05, 3.63) is 26.6 Å². The Morgan fingerprint density at radius 3 is 2.27 bits per heavy atom. The normalized spacial score (nSPS) is 12.5. The molecule has 0 fully saturated rings. The first-order valence-electron chi connectivity index (χ1n) is 4.07. The SMILES string of the molecule is N[C@H](Cc1cc(Br)c(O)c(Br)c1)C(=O)O. The van der Waals surface area contributed by atoms with E-state index in [-0.39, 0.29) is 12.2 Å². The molecule has 1 aromatic carbocycles. The van der Waals surface area contributed by atoms with Crippen molar-refractivity contribution in [2.75, 3.05) is 0 Å². The summed E-state index contributed by atoms with van der Waals surface area (Å²) in [6.07, 6.45) is 0.215. The monoisotopic (exact) mass is 337 g/mol. The molecule has 0 aliphatic heterocycles. The van der Waals surface area contributed by atoms with Crippen molar-refractivity contribution in [2.24, 2.45) is 5.73 Å². The van der Waals surface area contributed by atoms with E-state index >= 15 is 0 Å². The average Bonchev–Trinajstić information content (AvgIpc) is 2.13. The third-order valence-electron chi connectivity index (χ3n) is 1.85. The van der Waals surface area contributed by atoms with E-state index in [1.54, 1.807) is 12.1 Å². The average molecular weight is 339 g/mol. The van der Waals surface area contributed by atoms with Crippen LogP contribution in [0.15, 0.2) is 21.1 Å². The molecule has 1 aromatic rings. The zero-order valence-electron chi connectivity index (χ0n) is 7.58. The molecule has 0 spiro atoms. The summed E-state index contributed by atoms with van der Waals surface area (Å²) in [6.45, 7) is 0. The lowest BCUT2D eigenvalue weighted by Gasteiger charge is -2.08. The van der Waals surface area contributed by atoms with Crippen LogP contribution in [0.25, 0.3) is 0 Å². The van der Waals surface area contributed by atoms with Crippen LogP contribution in [0.2, 0.25) is 0 Å². The lowest BCUT2D eigenvalue weighted by Crippen LogP contribution is -2.32. The minimum absolute atomic E-state index is 0.0858. The van der Waals surface area contributed by atoms with Crippen LogP contribution in [0.1, 0.15) is 5.56 Å². The number of rotatable bonds is 3. The Bertz CT molecular complexity index is 372. The molecule has 1 atom stereocenters. The molecular weight excluding hydrogens is 330 g/mol. The van der Waals surface area contributed by atoms with Crippen molar-refractivity contribution in [2.45, 2.75) is 12.5 Å². The zero-order valence-corrected chi connectivity index (χ0v) is 10.7. The molecule has 0 heterocycles. The van der Waals surface area contributed by atoms with Gasteiger partial charge in [-0.3, -0.25) is 4.79 Å². The second kappa shape index (κ2) is 4.96. The lowest BCUT2D eigenvalue weighted by atomic mass is 10.1. The molecule has 0 aromatic heterocycles. The number of nitrogens with two attached hydrogens (primary N) is 1. The molecule has 0 amide bonds. The van der Waals surface area contributed by atoms with Gasteiger partial charge in [-0.25, -0.2) is 0 Å². The van der Waals surface area contributed by atoms with E-state index in [4.69, 9.17) is 10.8 Å². The highest BCUT2D eigenvalue weighted by Gasteiger charge is 2.14. The van der Waals surface area contributed by atoms with Gasteiger partial charge >= 0.3 is 5.97 Å². The lowest BCUT2D eigenvalue weighted by molar-refractivity contribution is -0.138. The molecule has 0 bridgehead atoms. The Morgan fingerprint density at radius 1 is 1.40 bits per heavy atom. The van der Waals surface area contributed by atoms with Gasteiger partial charge in [0.25, 0.3) is 0 Å². The van der Waals surface area contributed by atoms with E-state index in [1.807, 2.05) is 0 Å². The zero-order chi connectivity index (χ0) is 11.6. The van der Waals surface area contributed by atoms with Crippen molar-refractivity contribution in [1.82, 2.24) is 0 Å². The fourth-order valence-corrected chi connectivity index (χ4v) is 2.36. The topological polar surface area (TPSA) is 83.5 Å². The number of phenolic OH excluding ortho intramolecular Hbond substituents is 1. The third kappa shape index (κ3) is 3.19. The maximum absolute atomic E-state index is 10.5. The molecule has 6 heteroatoms. The predicted octanol–water partition coefficient (Wildman–Crippen LogP) is 1.87. The summed E-state index contributed by atoms with van der Waals surface area (Å²) < 4.78 is 1.01. The number of carboxylic acids is 1. The van der Waals surface area contributed by atoms with Crippen molar-refractivity contribution in [1.29, 1.82) is 0 Å². The number of aliphatic carboxylic acids is 1. The largest absolute Gasteiger partial charge is 0.506 e. The molecule has 0 saturated heterocycles. The van der Waals surface area contributed by atoms with Crippen LogP contribution in [-0.4, -0.2) is 22.2 Å². The minimum Gasteiger partial charge on any atom is -0.506 e. The Balaban J connectivity index is 2.92. The van der Waals surface area contributed by atoms with Crippen LogP contribution in [0.4, 0.5) is 0 Å². The van der Waals surface area contributed by atoms with E-state index < -0.39 is 12.0 Å². The molecule has 0 saturated carbocycles. The first-order chi connectivity index (χ1) is 6.91.